The van der Waals surface area contributed by atoms with Crippen LogP contribution in [-0.2, 0) is 21.9 Å². The molecule has 8 aromatic carbocycles. The Labute approximate surface area is 548 Å². The number of aliphatic carboxylic acids is 2. The summed E-state index contributed by atoms with van der Waals surface area (Å²) in [6, 6.07) is 42.0. The molecular weight excluding hydrogens is 1220 g/mol. The Morgan fingerprint density at radius 1 is 0.645 bits per heavy atom. The molecule has 0 aliphatic heterocycles. The molecule has 19 nitrogen and oxygen atoms in total. The number of hydrogen-bond donors (Lipinski definition) is 6. The quantitative estimate of drug-likeness (QED) is 0.00751. The number of unbranched alkanes of at least 4 members (excludes halogenated alkanes) is 11. The topological polar surface area (TPSA) is 275 Å². The molecule has 0 spiro atoms. The van der Waals surface area contributed by atoms with Gasteiger partial charge in [-0.2, -0.15) is 5.10 Å². The second kappa shape index (κ2) is 34.5. The molecule has 0 saturated heterocycles. The van der Waals surface area contributed by atoms with E-state index >= 15 is 0 Å². The first-order chi connectivity index (χ1) is 45.0. The number of aromatic nitrogens is 3. The van der Waals surface area contributed by atoms with Crippen molar-refractivity contribution in [2.24, 2.45) is 5.92 Å². The number of hydrogen-bond acceptors (Lipinski definition) is 15. The molecule has 2 amide bonds. The molecule has 1 aromatic heterocycles. The van der Waals surface area contributed by atoms with E-state index in [1.165, 1.54) is 106 Å². The van der Waals surface area contributed by atoms with Gasteiger partial charge in [0, 0.05) is 38.6 Å². The molecule has 0 aliphatic rings. The smallest absolute Gasteiger partial charge is 0.321 e. The number of carboxylic acid groups (broad SMARTS) is 2. The first kappa shape index (κ1) is 69.0. The number of nitro benzene ring substituents is 1. The molecule has 0 fully saturated rings. The first-order valence-electron chi connectivity index (χ1n) is 30.8. The Morgan fingerprint density at radius 2 is 1.23 bits per heavy atom. The van der Waals surface area contributed by atoms with Crippen LogP contribution in [0.1, 0.15) is 127 Å². The van der Waals surface area contributed by atoms with Crippen molar-refractivity contribution >= 4 is 85.9 Å². The Bertz CT molecular complexity index is 4090. The van der Waals surface area contributed by atoms with E-state index in [1.54, 1.807) is 90.7 Å². The number of nitrogens with one attached hydrogen (secondary N) is 2. The molecule has 6 N–H and O–H groups in total. The molecule has 0 unspecified atom stereocenters. The summed E-state index contributed by atoms with van der Waals surface area (Å²) in [5, 5.41) is 66.6. The summed E-state index contributed by atoms with van der Waals surface area (Å²) >= 11 is 2.47. The number of benzene rings is 8. The van der Waals surface area contributed by atoms with Crippen LogP contribution in [0.5, 0.6) is 34.5 Å². The Morgan fingerprint density at radius 3 is 1.87 bits per heavy atom. The third-order valence-electron chi connectivity index (χ3n) is 15.4. The van der Waals surface area contributed by atoms with Crippen LogP contribution in [0, 0.1) is 29.9 Å². The van der Waals surface area contributed by atoms with E-state index in [4.69, 9.17) is 24.4 Å². The van der Waals surface area contributed by atoms with E-state index in [9.17, 15) is 39.5 Å². The highest BCUT2D eigenvalue weighted by Gasteiger charge is 2.25. The number of phenols is 2. The number of amides is 2. The van der Waals surface area contributed by atoms with E-state index < -0.39 is 34.6 Å². The van der Waals surface area contributed by atoms with Crippen molar-refractivity contribution in [1.29, 1.82) is 0 Å². The summed E-state index contributed by atoms with van der Waals surface area (Å²) in [6.07, 6.45) is 17.6. The summed E-state index contributed by atoms with van der Waals surface area (Å²) in [5.74, 6) is -4.29. The molecule has 21 heteroatoms. The number of methoxy groups -OCH3 is 1. The molecule has 1 heterocycles. The fraction of sp³-hybridized carbons (Fsp3) is 0.278. The van der Waals surface area contributed by atoms with Gasteiger partial charge in [-0.15, -0.1) is 0 Å². The maximum atomic E-state index is 13.9. The Hall–Kier alpha value is -9.86. The van der Waals surface area contributed by atoms with Gasteiger partial charge in [-0.3, -0.25) is 29.3 Å². The van der Waals surface area contributed by atoms with E-state index in [0.29, 0.717) is 73.2 Å². The summed E-state index contributed by atoms with van der Waals surface area (Å²) in [5.41, 5.74) is 4.38. The van der Waals surface area contributed by atoms with Gasteiger partial charge < -0.3 is 45.3 Å². The summed E-state index contributed by atoms with van der Waals surface area (Å²) < 4.78 is 19.4. The lowest BCUT2D eigenvalue weighted by atomic mass is 10.0. The highest BCUT2D eigenvalue weighted by molar-refractivity contribution is 8.02. The van der Waals surface area contributed by atoms with Crippen molar-refractivity contribution in [3.05, 3.63) is 207 Å². The average Bonchev–Trinajstić information content (AvgIpc) is 1.32. The highest BCUT2D eigenvalue weighted by Crippen LogP contribution is 2.42. The third-order valence-corrected chi connectivity index (χ3v) is 17.3. The maximum Gasteiger partial charge on any atom is 0.321 e. The van der Waals surface area contributed by atoms with Gasteiger partial charge in [-0.1, -0.05) is 198 Å². The minimum atomic E-state index is -1.68. The lowest BCUT2D eigenvalue weighted by Gasteiger charge is -2.16. The molecule has 0 aliphatic carbocycles. The zero-order chi connectivity index (χ0) is 66.2. The van der Waals surface area contributed by atoms with E-state index in [0.717, 1.165) is 53.1 Å². The number of fused-ring (bicyclic) bond motifs is 2. The highest BCUT2D eigenvalue weighted by atomic mass is 32.2. The SMILES string of the molecule is CCCCCCCCCCCCCCOc1ccccc1NC(=O)c1cc(Oc2ccc(CSc3ncnn3Cc3ccc(OC)cc3)cc2[N+](=O)[O-])c2ccccc2c1O.Cc1ccc(C)c(NC(=O)c2cc(S/C=C/C(C(=O)O)C(=O)O)c3ccccc3c2O)c1. The number of carbonyl (C=O) groups excluding carboxylic acids is 2. The van der Waals surface area contributed by atoms with E-state index in [-0.39, 0.29) is 39.8 Å². The number of ether oxygens (including phenoxy) is 3. The summed E-state index contributed by atoms with van der Waals surface area (Å²) in [7, 11) is 1.62. The zero-order valence-electron chi connectivity index (χ0n) is 52.3. The largest absolute Gasteiger partial charge is 0.506 e. The predicted molar refractivity (Wildman–Crippen MR) is 365 cm³/mol. The lowest BCUT2D eigenvalue weighted by Crippen LogP contribution is -2.20. The van der Waals surface area contributed by atoms with Crippen LogP contribution < -0.4 is 24.8 Å². The van der Waals surface area contributed by atoms with Crippen LogP contribution in [0.4, 0.5) is 17.1 Å². The number of nitrogens with zero attached hydrogens (tertiary/aromatic N) is 4. The van der Waals surface area contributed by atoms with Gasteiger partial charge in [-0.05, 0) is 102 Å². The van der Waals surface area contributed by atoms with Crippen LogP contribution in [0.2, 0.25) is 0 Å². The van der Waals surface area contributed by atoms with Crippen LogP contribution in [0.25, 0.3) is 21.5 Å². The molecule has 0 bridgehead atoms. The van der Waals surface area contributed by atoms with Gasteiger partial charge in [0.1, 0.15) is 35.1 Å². The number of nitro groups is 1. The monoisotopic (exact) mass is 1300 g/mol. The molecule has 0 saturated carbocycles. The Balaban J connectivity index is 0.000000291. The number of thioether (sulfide) groups is 2. The number of phenolic OH excluding ortho intramolecular Hbond substituents is 2. The van der Waals surface area contributed by atoms with Gasteiger partial charge in [0.15, 0.2) is 11.1 Å². The molecule has 0 atom stereocenters. The van der Waals surface area contributed by atoms with Gasteiger partial charge in [0.05, 0.1) is 42.0 Å². The normalized spacial score (nSPS) is 11.2. The van der Waals surface area contributed by atoms with Crippen LogP contribution in [0.15, 0.2) is 173 Å². The Kier molecular flexibility index (Phi) is 25.6. The number of carboxylic acids is 2. The van der Waals surface area contributed by atoms with Gasteiger partial charge >= 0.3 is 17.6 Å². The molecule has 93 heavy (non-hydrogen) atoms. The first-order valence-corrected chi connectivity index (χ1v) is 32.7. The number of carbonyl (C=O) groups is 4. The third kappa shape index (κ3) is 19.3. The van der Waals surface area contributed by atoms with Crippen molar-refractivity contribution in [1.82, 2.24) is 14.8 Å². The van der Waals surface area contributed by atoms with Crippen LogP contribution >= 0.6 is 23.5 Å². The standard InChI is InChI=1S/C48H55N5O7S.C24H21NO6S/c1-3-4-5-6-7-8-9-10-11-12-13-18-29-59-43-22-17-16-21-41(43)51-47(55)40-31-45(38-19-14-15-20-39(38)46(40)54)60-44-28-25-36(30-42(44)53(56)57)33-61-48-49-34-50-52(48)32-35-23-26-37(58-2)27-24-35;1-13-7-8-14(2)19(11-13)25-22(27)18-12-20(15-5-3-4-6-16(15)21(18)26)32-10-9-17(23(28)29)24(30)31/h14-17,19-28,30-31,34,54H,3-13,18,29,32-33H2,1-2H3,(H,51,55);3-12,17,26H,1-2H3,(H,25,27)(H,28,29)(H,30,31)/b;10-9+. The minimum absolute atomic E-state index is 0.0137. The number of anilines is 2. The molecular formula is C72H76N6O13S2. The van der Waals surface area contributed by atoms with Crippen LogP contribution in [0.3, 0.4) is 0 Å². The minimum Gasteiger partial charge on any atom is -0.506 e. The van der Waals surface area contributed by atoms with Gasteiger partial charge in [-0.25, -0.2) is 9.67 Å². The second-order valence-electron chi connectivity index (χ2n) is 22.2. The van der Waals surface area contributed by atoms with E-state index in [2.05, 4.69) is 27.6 Å². The molecule has 484 valence electrons. The van der Waals surface area contributed by atoms with Crippen molar-refractivity contribution in [2.75, 3.05) is 24.4 Å². The molecule has 0 radical (unpaired) electrons. The zero-order valence-corrected chi connectivity index (χ0v) is 54.0. The fourth-order valence-electron chi connectivity index (χ4n) is 10.2. The van der Waals surface area contributed by atoms with Crippen molar-refractivity contribution < 1.29 is 58.7 Å². The number of para-hydroxylation sites is 2. The van der Waals surface area contributed by atoms with Gasteiger partial charge in [0.2, 0.25) is 5.75 Å². The van der Waals surface area contributed by atoms with Crippen molar-refractivity contribution in [3.63, 3.8) is 0 Å². The lowest BCUT2D eigenvalue weighted by molar-refractivity contribution is -0.385. The number of aryl methyl sites for hydroxylation is 2. The van der Waals surface area contributed by atoms with Crippen molar-refractivity contribution in [2.45, 2.75) is 120 Å². The maximum absolute atomic E-state index is 13.9. The summed E-state index contributed by atoms with van der Waals surface area (Å²) in [6.45, 7) is 7.04. The van der Waals surface area contributed by atoms with Gasteiger partial charge in [0.25, 0.3) is 11.8 Å². The number of aromatic hydroxyl groups is 2. The van der Waals surface area contributed by atoms with E-state index in [1.807, 2.05) is 62.4 Å². The predicted octanol–water partition coefficient (Wildman–Crippen LogP) is 17.3. The average molecular weight is 1300 g/mol. The van der Waals surface area contributed by atoms with Crippen LogP contribution in [-0.4, -0.2) is 77.6 Å². The second-order valence-corrected chi connectivity index (χ2v) is 24.1. The number of rotatable bonds is 32. The molecule has 9 aromatic rings. The van der Waals surface area contributed by atoms with Crippen molar-refractivity contribution in [3.8, 4) is 34.5 Å². The molecule has 9 rings (SSSR count). The fourth-order valence-corrected chi connectivity index (χ4v) is 12.0. The summed E-state index contributed by atoms with van der Waals surface area (Å²) in [4.78, 5) is 65.9.